The highest BCUT2D eigenvalue weighted by atomic mass is 31.1. The second kappa shape index (κ2) is 9.06. The highest BCUT2D eigenvalue weighted by Crippen LogP contribution is 2.40. The van der Waals surface area contributed by atoms with Crippen LogP contribution in [0.3, 0.4) is 0 Å². The second-order valence-corrected chi connectivity index (χ2v) is 8.19. The Labute approximate surface area is 141 Å². The molecule has 0 aliphatic carbocycles. The van der Waals surface area contributed by atoms with Crippen molar-refractivity contribution in [2.24, 2.45) is 5.92 Å². The maximum absolute atomic E-state index is 10.00. The van der Waals surface area contributed by atoms with Gasteiger partial charge in [0, 0.05) is 26.6 Å². The predicted molar refractivity (Wildman–Crippen MR) is 98.9 cm³/mol. The van der Waals surface area contributed by atoms with Gasteiger partial charge < -0.3 is 9.79 Å². The normalized spacial score (nSPS) is 21.3. The van der Waals surface area contributed by atoms with Gasteiger partial charge in [0.25, 0.3) is 0 Å². The predicted octanol–water partition coefficient (Wildman–Crippen LogP) is 4.79. The maximum atomic E-state index is 10.00. The summed E-state index contributed by atoms with van der Waals surface area (Å²) in [6, 6.07) is 8.12. The fourth-order valence-corrected chi connectivity index (χ4v) is 4.69. The molecule has 0 aromatic heterocycles. The van der Waals surface area contributed by atoms with E-state index in [1.165, 1.54) is 12.0 Å². The highest BCUT2D eigenvalue weighted by Gasteiger charge is 2.22. The van der Waals surface area contributed by atoms with Gasteiger partial charge in [-0.15, -0.1) is 0 Å². The number of hydrogen-bond acceptors (Lipinski definition) is 3. The third-order valence-electron chi connectivity index (χ3n) is 4.34. The van der Waals surface area contributed by atoms with Gasteiger partial charge in [0.2, 0.25) is 0 Å². The van der Waals surface area contributed by atoms with Crippen molar-refractivity contribution >= 4 is 13.8 Å². The zero-order chi connectivity index (χ0) is 16.7. The number of unbranched alkanes of at least 4 members (excludes halogenated alkanes) is 1. The van der Waals surface area contributed by atoms with Crippen molar-refractivity contribution in [1.29, 1.82) is 5.26 Å². The monoisotopic (exact) mass is 330 g/mol. The summed E-state index contributed by atoms with van der Waals surface area (Å²) < 4.78 is 0. The SMILES string of the molecule is CCC/C=C/N(C[C@H]1CCCP(O)C1)c1cc(C#N)ccc1C. The van der Waals surface area contributed by atoms with Crippen molar-refractivity contribution in [1.82, 2.24) is 0 Å². The van der Waals surface area contributed by atoms with Gasteiger partial charge in [0.15, 0.2) is 0 Å². The zero-order valence-corrected chi connectivity index (χ0v) is 15.1. The van der Waals surface area contributed by atoms with Crippen molar-refractivity contribution in [3.63, 3.8) is 0 Å². The van der Waals surface area contributed by atoms with Gasteiger partial charge in [-0.25, -0.2) is 0 Å². The summed E-state index contributed by atoms with van der Waals surface area (Å²) >= 11 is 0. The Morgan fingerprint density at radius 2 is 2.30 bits per heavy atom. The lowest BCUT2D eigenvalue weighted by molar-refractivity contribution is 0.489. The molecule has 1 aromatic rings. The lowest BCUT2D eigenvalue weighted by Gasteiger charge is -2.31. The van der Waals surface area contributed by atoms with Crippen molar-refractivity contribution in [2.45, 2.75) is 39.5 Å². The van der Waals surface area contributed by atoms with Crippen LogP contribution in [0.1, 0.15) is 43.7 Å². The summed E-state index contributed by atoms with van der Waals surface area (Å²) in [4.78, 5) is 12.3. The van der Waals surface area contributed by atoms with E-state index in [2.05, 4.69) is 37.1 Å². The molecule has 3 nitrogen and oxygen atoms in total. The number of hydrogen-bond donors (Lipinski definition) is 1. The zero-order valence-electron chi connectivity index (χ0n) is 14.2. The van der Waals surface area contributed by atoms with Gasteiger partial charge in [-0.1, -0.05) is 25.5 Å². The Bertz CT molecular complexity index is 579. The second-order valence-electron chi connectivity index (χ2n) is 6.36. The molecule has 1 aliphatic heterocycles. The van der Waals surface area contributed by atoms with E-state index in [0.29, 0.717) is 11.5 Å². The molecule has 1 heterocycles. The minimum absolute atomic E-state index is 0.538. The molecular weight excluding hydrogens is 303 g/mol. The topological polar surface area (TPSA) is 47.3 Å². The summed E-state index contributed by atoms with van der Waals surface area (Å²) in [6.45, 7) is 5.20. The third kappa shape index (κ3) is 5.34. The number of nitrogens with zero attached hydrogens (tertiary/aromatic N) is 2. The molecule has 2 rings (SSSR count). The molecule has 1 fully saturated rings. The Hall–Kier alpha value is -1.36. The first-order valence-corrected chi connectivity index (χ1v) is 10.2. The quantitative estimate of drug-likeness (QED) is 0.763. The Morgan fingerprint density at radius 1 is 1.48 bits per heavy atom. The Balaban J connectivity index is 2.21. The molecule has 0 spiro atoms. The maximum Gasteiger partial charge on any atom is 0.0992 e. The van der Waals surface area contributed by atoms with Crippen LogP contribution in [0.25, 0.3) is 0 Å². The minimum atomic E-state index is -0.767. The van der Waals surface area contributed by atoms with Gasteiger partial charge in [-0.3, -0.25) is 0 Å². The van der Waals surface area contributed by atoms with E-state index in [9.17, 15) is 10.2 Å². The van der Waals surface area contributed by atoms with Crippen LogP contribution in [-0.4, -0.2) is 23.8 Å². The molecule has 1 aliphatic rings. The van der Waals surface area contributed by atoms with Crippen molar-refractivity contribution in [3.8, 4) is 6.07 Å². The van der Waals surface area contributed by atoms with Crippen molar-refractivity contribution in [2.75, 3.05) is 23.8 Å². The first-order valence-electron chi connectivity index (χ1n) is 8.52. The molecule has 1 unspecified atom stereocenters. The molecule has 0 radical (unpaired) electrons. The lowest BCUT2D eigenvalue weighted by Crippen LogP contribution is -2.29. The molecule has 23 heavy (non-hydrogen) atoms. The van der Waals surface area contributed by atoms with Crippen LogP contribution in [0.5, 0.6) is 0 Å². The summed E-state index contributed by atoms with van der Waals surface area (Å²) in [5, 5.41) is 9.19. The van der Waals surface area contributed by atoms with E-state index >= 15 is 0 Å². The van der Waals surface area contributed by atoms with Crippen molar-refractivity contribution in [3.05, 3.63) is 41.6 Å². The average molecular weight is 330 g/mol. The van der Waals surface area contributed by atoms with Gasteiger partial charge in [-0.2, -0.15) is 5.26 Å². The smallest absolute Gasteiger partial charge is 0.0992 e. The summed E-state index contributed by atoms with van der Waals surface area (Å²) in [5.74, 6) is 0.538. The molecule has 1 aromatic carbocycles. The molecule has 0 amide bonds. The number of allylic oxidation sites excluding steroid dienone is 1. The lowest BCUT2D eigenvalue weighted by atomic mass is 10.0. The van der Waals surface area contributed by atoms with E-state index in [4.69, 9.17) is 0 Å². The van der Waals surface area contributed by atoms with E-state index in [-0.39, 0.29) is 0 Å². The summed E-state index contributed by atoms with van der Waals surface area (Å²) in [5.41, 5.74) is 3.00. The van der Waals surface area contributed by atoms with E-state index < -0.39 is 8.15 Å². The minimum Gasteiger partial charge on any atom is -0.374 e. The van der Waals surface area contributed by atoms with Crippen LogP contribution in [0.4, 0.5) is 5.69 Å². The van der Waals surface area contributed by atoms with Gasteiger partial charge >= 0.3 is 0 Å². The molecular formula is C19H27N2OP. The number of aryl methyl sites for hydroxylation is 1. The molecule has 1 saturated heterocycles. The van der Waals surface area contributed by atoms with E-state index in [1.54, 1.807) is 0 Å². The summed E-state index contributed by atoms with van der Waals surface area (Å²) in [6.07, 6.45) is 10.8. The Morgan fingerprint density at radius 3 is 3.00 bits per heavy atom. The fraction of sp³-hybridized carbons (Fsp3) is 0.526. The molecule has 124 valence electrons. The van der Waals surface area contributed by atoms with Crippen LogP contribution in [-0.2, 0) is 0 Å². The fourth-order valence-electron chi connectivity index (χ4n) is 3.07. The molecule has 1 N–H and O–H groups in total. The first-order chi connectivity index (χ1) is 11.1. The number of anilines is 1. The third-order valence-corrected chi connectivity index (χ3v) is 6.11. The average Bonchev–Trinajstić information content (AvgIpc) is 2.55. The largest absolute Gasteiger partial charge is 0.374 e. The van der Waals surface area contributed by atoms with Crippen LogP contribution in [0.15, 0.2) is 30.5 Å². The van der Waals surface area contributed by atoms with E-state index in [0.717, 1.165) is 43.8 Å². The van der Waals surface area contributed by atoms with Crippen molar-refractivity contribution < 1.29 is 4.89 Å². The highest BCUT2D eigenvalue weighted by molar-refractivity contribution is 7.51. The van der Waals surface area contributed by atoms with Crippen LogP contribution in [0, 0.1) is 24.2 Å². The molecule has 4 heteroatoms. The van der Waals surface area contributed by atoms with Crippen LogP contribution in [0.2, 0.25) is 0 Å². The standard InChI is InChI=1S/C19H27N2OP/c1-3-4-5-10-21(14-18-7-6-11-23(22)15-18)19-12-17(13-20)9-8-16(19)2/h5,8-10,12,18,22H,3-4,6-7,11,14-15H2,1-2H3/b10-5+/t18-,23?/m1/s1. The number of benzene rings is 1. The Kier molecular flexibility index (Phi) is 7.09. The first kappa shape index (κ1) is 18.0. The van der Waals surface area contributed by atoms with Gasteiger partial charge in [-0.05, 0) is 62.1 Å². The van der Waals surface area contributed by atoms with Gasteiger partial charge in [0.05, 0.1) is 11.6 Å². The van der Waals surface area contributed by atoms with Crippen LogP contribution < -0.4 is 4.90 Å². The van der Waals surface area contributed by atoms with Gasteiger partial charge in [0.1, 0.15) is 0 Å². The molecule has 0 saturated carbocycles. The number of rotatable bonds is 6. The molecule has 0 bridgehead atoms. The number of nitriles is 1. The van der Waals surface area contributed by atoms with Crippen LogP contribution >= 0.6 is 8.15 Å². The summed E-state index contributed by atoms with van der Waals surface area (Å²) in [7, 11) is -0.767. The van der Waals surface area contributed by atoms with E-state index in [1.807, 2.05) is 18.2 Å². The molecule has 2 atom stereocenters.